The third kappa shape index (κ3) is 7.09. The number of likely N-dealkylation sites (tertiary alicyclic amines) is 1. The summed E-state index contributed by atoms with van der Waals surface area (Å²) in [6.45, 7) is 3.80. The van der Waals surface area contributed by atoms with Crippen LogP contribution in [0.3, 0.4) is 0 Å². The van der Waals surface area contributed by atoms with E-state index in [0.29, 0.717) is 30.4 Å². The van der Waals surface area contributed by atoms with E-state index in [1.165, 1.54) is 33.9 Å². The molecule has 2 aromatic rings. The molecule has 0 aliphatic carbocycles. The molecule has 2 fully saturated rings. The lowest BCUT2D eigenvalue weighted by atomic mass is 9.84. The number of hydrogen-bond donors (Lipinski definition) is 1. The van der Waals surface area contributed by atoms with Crippen LogP contribution in [0.15, 0.2) is 42.5 Å². The first-order chi connectivity index (χ1) is 22.0. The maximum absolute atomic E-state index is 14.4. The summed E-state index contributed by atoms with van der Waals surface area (Å²) >= 11 is 0. The first-order valence-corrected chi connectivity index (χ1v) is 15.0. The van der Waals surface area contributed by atoms with Gasteiger partial charge in [-0.2, -0.15) is 13.2 Å². The van der Waals surface area contributed by atoms with Crippen molar-refractivity contribution in [1.29, 1.82) is 0 Å². The van der Waals surface area contributed by atoms with Gasteiger partial charge in [-0.1, -0.05) is 13.8 Å². The van der Waals surface area contributed by atoms with Gasteiger partial charge in [0.15, 0.2) is 0 Å². The molecule has 47 heavy (non-hydrogen) atoms. The molecule has 1 N–H and O–H groups in total. The van der Waals surface area contributed by atoms with Gasteiger partial charge in [-0.05, 0) is 75.3 Å². The molecule has 2 aliphatic rings. The Balaban J connectivity index is 1.57. The molecule has 0 aromatic heterocycles. The largest absolute Gasteiger partial charge is 0.465 e. The number of amides is 5. The predicted molar refractivity (Wildman–Crippen MR) is 162 cm³/mol. The van der Waals surface area contributed by atoms with Gasteiger partial charge in [0.2, 0.25) is 5.91 Å². The maximum atomic E-state index is 14.4. The first-order valence-electron chi connectivity index (χ1n) is 15.0. The normalized spacial score (nSPS) is 17.1. The third-order valence-corrected chi connectivity index (χ3v) is 8.47. The Morgan fingerprint density at radius 3 is 2.17 bits per heavy atom. The number of imide groups is 1. The quantitative estimate of drug-likeness (QED) is 0.247. The van der Waals surface area contributed by atoms with Crippen LogP contribution in [-0.2, 0) is 20.5 Å². The van der Waals surface area contributed by atoms with Crippen molar-refractivity contribution >= 4 is 35.4 Å². The zero-order valence-electron chi connectivity index (χ0n) is 26.7. The van der Waals surface area contributed by atoms with E-state index in [1.807, 2.05) is 4.90 Å². The summed E-state index contributed by atoms with van der Waals surface area (Å²) in [6, 6.07) is 5.76. The predicted octanol–water partition coefficient (Wildman–Crippen LogP) is 3.78. The number of anilines is 1. The van der Waals surface area contributed by atoms with Gasteiger partial charge in [0.05, 0.1) is 23.8 Å². The molecule has 2 aliphatic heterocycles. The lowest BCUT2D eigenvalue weighted by Crippen LogP contribution is -2.60. The van der Waals surface area contributed by atoms with Crippen LogP contribution in [0.5, 0.6) is 0 Å². The molecule has 254 valence electrons. The van der Waals surface area contributed by atoms with Crippen LogP contribution in [0.4, 0.5) is 28.0 Å². The molecular formula is C32H37F4N5O6. The lowest BCUT2D eigenvalue weighted by Gasteiger charge is -2.43. The van der Waals surface area contributed by atoms with E-state index in [1.54, 1.807) is 40.1 Å². The number of hydrogen-bond acceptors (Lipinski definition) is 7. The topological polar surface area (TPSA) is 120 Å². The van der Waals surface area contributed by atoms with Crippen LogP contribution in [0.2, 0.25) is 0 Å². The monoisotopic (exact) mass is 663 g/mol. The Bertz CT molecular complexity index is 1540. The van der Waals surface area contributed by atoms with Crippen LogP contribution in [0.1, 0.15) is 53.0 Å². The van der Waals surface area contributed by atoms with Crippen molar-refractivity contribution in [2.45, 2.75) is 44.4 Å². The van der Waals surface area contributed by atoms with E-state index in [0.717, 1.165) is 0 Å². The van der Waals surface area contributed by atoms with Crippen molar-refractivity contribution in [3.05, 3.63) is 65.0 Å². The van der Waals surface area contributed by atoms with E-state index >= 15 is 0 Å². The van der Waals surface area contributed by atoms with Crippen LogP contribution in [0.25, 0.3) is 0 Å². The molecule has 0 bridgehead atoms. The fraction of sp³-hybridized carbons (Fsp3) is 0.469. The molecule has 15 heteroatoms. The van der Waals surface area contributed by atoms with Crippen molar-refractivity contribution in [1.82, 2.24) is 20.0 Å². The highest BCUT2D eigenvalue weighted by Gasteiger charge is 2.59. The second-order valence-electron chi connectivity index (χ2n) is 12.2. The van der Waals surface area contributed by atoms with E-state index in [9.17, 15) is 41.5 Å². The van der Waals surface area contributed by atoms with Gasteiger partial charge in [-0.15, -0.1) is 0 Å². The Morgan fingerprint density at radius 1 is 1.02 bits per heavy atom. The molecule has 0 radical (unpaired) electrons. The number of esters is 1. The number of benzene rings is 2. The van der Waals surface area contributed by atoms with Crippen LogP contribution < -0.4 is 10.2 Å². The number of rotatable bonds is 9. The van der Waals surface area contributed by atoms with Gasteiger partial charge in [0, 0.05) is 31.9 Å². The van der Waals surface area contributed by atoms with Gasteiger partial charge in [0.25, 0.3) is 11.8 Å². The minimum atomic E-state index is -4.81. The van der Waals surface area contributed by atoms with Gasteiger partial charge in [0.1, 0.15) is 17.4 Å². The number of carbonyl (C=O) groups is 5. The minimum Gasteiger partial charge on any atom is -0.465 e. The van der Waals surface area contributed by atoms with Crippen molar-refractivity contribution in [3.63, 3.8) is 0 Å². The van der Waals surface area contributed by atoms with Crippen molar-refractivity contribution in [2.24, 2.45) is 5.92 Å². The summed E-state index contributed by atoms with van der Waals surface area (Å²) in [5.41, 5.74) is -2.78. The smallest absolute Gasteiger partial charge is 0.416 e. The number of urea groups is 1. The van der Waals surface area contributed by atoms with Gasteiger partial charge in [-0.3, -0.25) is 24.2 Å². The SMILES string of the molecule is COC(=O)c1ccc(N2C(=O)N(CCN(C)C)C(=O)C23CCN(C(=O)C(NC(=O)c2cc(C(F)(F)F)ccc2F)C(C)C)CC3)cc1. The van der Waals surface area contributed by atoms with Crippen molar-refractivity contribution in [3.8, 4) is 0 Å². The number of piperidine rings is 1. The Kier molecular flexibility index (Phi) is 10.3. The minimum absolute atomic E-state index is 0.00707. The summed E-state index contributed by atoms with van der Waals surface area (Å²) in [6.07, 6.45) is -4.72. The zero-order chi connectivity index (χ0) is 34.8. The zero-order valence-corrected chi connectivity index (χ0v) is 26.7. The first kappa shape index (κ1) is 35.3. The second kappa shape index (κ2) is 13.7. The highest BCUT2D eigenvalue weighted by atomic mass is 19.4. The van der Waals surface area contributed by atoms with Crippen LogP contribution >= 0.6 is 0 Å². The number of ether oxygens (including phenoxy) is 1. The van der Waals surface area contributed by atoms with Crippen LogP contribution in [-0.4, -0.2) is 103 Å². The standard InChI is InChI=1S/C32H37F4N5O6/c1-19(2)25(37-26(42)23-18-21(32(34,35)36)8-11-24(23)33)27(43)39-14-12-31(13-15-39)29(45)40(17-16-38(3)4)30(46)41(31)22-9-6-20(7-10-22)28(44)47-5/h6-11,18-19,25H,12-17H2,1-5H3,(H,37,42). The molecule has 1 atom stereocenters. The Labute approximate surface area is 269 Å². The molecule has 1 unspecified atom stereocenters. The number of carbonyl (C=O) groups excluding carboxylic acids is 5. The Morgan fingerprint density at radius 2 is 1.64 bits per heavy atom. The Hall–Kier alpha value is -4.53. The molecular weight excluding hydrogens is 626 g/mol. The highest BCUT2D eigenvalue weighted by Crippen LogP contribution is 2.41. The lowest BCUT2D eigenvalue weighted by molar-refractivity contribution is -0.139. The van der Waals surface area contributed by atoms with Gasteiger partial charge in [-0.25, -0.2) is 14.0 Å². The number of methoxy groups -OCH3 is 1. The molecule has 11 nitrogen and oxygen atoms in total. The van der Waals surface area contributed by atoms with Gasteiger partial charge >= 0.3 is 18.2 Å². The molecule has 4 rings (SSSR count). The van der Waals surface area contributed by atoms with Crippen molar-refractivity contribution in [2.75, 3.05) is 52.3 Å². The summed E-state index contributed by atoms with van der Waals surface area (Å²) in [5, 5.41) is 2.39. The molecule has 2 saturated heterocycles. The molecule has 1 spiro atoms. The van der Waals surface area contributed by atoms with E-state index < -0.39 is 70.3 Å². The molecule has 0 saturated carbocycles. The summed E-state index contributed by atoms with van der Waals surface area (Å²) in [7, 11) is 4.85. The van der Waals surface area contributed by atoms with E-state index in [-0.39, 0.29) is 38.0 Å². The number of halogens is 4. The average molecular weight is 664 g/mol. The average Bonchev–Trinajstić information content (AvgIpc) is 3.22. The second-order valence-corrected chi connectivity index (χ2v) is 12.2. The number of likely N-dealkylation sites (N-methyl/N-ethyl adjacent to an activating group) is 1. The molecule has 2 heterocycles. The maximum Gasteiger partial charge on any atom is 0.416 e. The van der Waals surface area contributed by atoms with Crippen LogP contribution in [0, 0.1) is 11.7 Å². The highest BCUT2D eigenvalue weighted by molar-refractivity contribution is 6.17. The fourth-order valence-corrected chi connectivity index (χ4v) is 5.80. The fourth-order valence-electron chi connectivity index (χ4n) is 5.80. The van der Waals surface area contributed by atoms with E-state index in [2.05, 4.69) is 5.32 Å². The van der Waals surface area contributed by atoms with Crippen molar-refractivity contribution < 1.29 is 46.3 Å². The van der Waals surface area contributed by atoms with Gasteiger partial charge < -0.3 is 19.9 Å². The summed E-state index contributed by atoms with van der Waals surface area (Å²) < 4.78 is 58.8. The third-order valence-electron chi connectivity index (χ3n) is 8.47. The molecule has 2 aromatic carbocycles. The summed E-state index contributed by atoms with van der Waals surface area (Å²) in [5.74, 6) is -4.44. The van der Waals surface area contributed by atoms with E-state index in [4.69, 9.17) is 4.74 Å². The number of alkyl halides is 3. The number of nitrogens with one attached hydrogen (secondary N) is 1. The number of nitrogens with zero attached hydrogens (tertiary/aromatic N) is 4. The molecule has 5 amide bonds. The summed E-state index contributed by atoms with van der Waals surface area (Å²) in [4.78, 5) is 72.1.